The van der Waals surface area contributed by atoms with Crippen molar-refractivity contribution in [3.63, 3.8) is 0 Å². The molecule has 0 saturated carbocycles. The lowest BCUT2D eigenvalue weighted by Crippen LogP contribution is -2.10. The maximum Gasteiger partial charge on any atom is 0.0554 e. The maximum atomic E-state index is 2.45. The van der Waals surface area contributed by atoms with E-state index in [2.05, 4.69) is 241 Å². The Morgan fingerprint density at radius 3 is 1.61 bits per heavy atom. The third-order valence-corrected chi connectivity index (χ3v) is 13.6. The first-order valence-electron chi connectivity index (χ1n) is 21.2. The van der Waals surface area contributed by atoms with E-state index in [0.717, 1.165) is 11.4 Å². The van der Waals surface area contributed by atoms with Gasteiger partial charge in [-0.1, -0.05) is 182 Å². The lowest BCUT2D eigenvalue weighted by molar-refractivity contribution is 1.30. The summed E-state index contributed by atoms with van der Waals surface area (Å²) in [5.41, 5.74) is 13.1. The molecule has 12 rings (SSSR count). The molecule has 0 aliphatic heterocycles. The highest BCUT2D eigenvalue weighted by Gasteiger charge is 2.21. The molecule has 0 radical (unpaired) electrons. The van der Waals surface area contributed by atoms with Crippen LogP contribution in [0.15, 0.2) is 237 Å². The summed E-state index contributed by atoms with van der Waals surface area (Å²) in [6.45, 7) is 0. The molecule has 0 aliphatic rings. The standard InChI is InChI=1S/C60H39NS/c1-3-16-42(17-4-1)58-52-24-10-9-23-50(52)51-36-33-47(39-54(51)59(58)43-18-5-2-6-19-43)41-31-34-48(35-32-41)61(55-26-14-28-57-60(55)53-25-11-12-27-56(53)62-57)49-22-13-21-45(38-49)46-30-29-40-15-7-8-20-44(40)37-46/h1-39H. The second kappa shape index (κ2) is 15.0. The van der Waals surface area contributed by atoms with Crippen molar-refractivity contribution in [2.24, 2.45) is 0 Å². The van der Waals surface area contributed by atoms with Crippen LogP contribution < -0.4 is 4.90 Å². The Morgan fingerprint density at radius 1 is 0.274 bits per heavy atom. The summed E-state index contributed by atoms with van der Waals surface area (Å²) in [7, 11) is 0. The molecule has 0 bridgehead atoms. The van der Waals surface area contributed by atoms with Gasteiger partial charge in [-0.2, -0.15) is 0 Å². The van der Waals surface area contributed by atoms with Gasteiger partial charge in [-0.3, -0.25) is 0 Å². The van der Waals surface area contributed by atoms with Crippen molar-refractivity contribution in [2.45, 2.75) is 0 Å². The second-order valence-corrected chi connectivity index (χ2v) is 17.1. The maximum absolute atomic E-state index is 2.45. The average molecular weight is 806 g/mol. The van der Waals surface area contributed by atoms with E-state index < -0.39 is 0 Å². The number of rotatable bonds is 7. The summed E-state index contributed by atoms with van der Waals surface area (Å²) in [6, 6.07) is 86.8. The quantitative estimate of drug-likeness (QED) is 0.145. The highest BCUT2D eigenvalue weighted by Crippen LogP contribution is 2.48. The van der Waals surface area contributed by atoms with Gasteiger partial charge in [0.2, 0.25) is 0 Å². The predicted molar refractivity (Wildman–Crippen MR) is 268 cm³/mol. The first kappa shape index (κ1) is 36.1. The molecule has 1 heterocycles. The summed E-state index contributed by atoms with van der Waals surface area (Å²) in [4.78, 5) is 2.45. The molecular formula is C60H39NS. The van der Waals surface area contributed by atoms with Gasteiger partial charge in [0, 0.05) is 31.5 Å². The molecule has 12 aromatic rings. The molecule has 0 atom stereocenters. The average Bonchev–Trinajstić information content (AvgIpc) is 3.74. The van der Waals surface area contributed by atoms with E-state index in [9.17, 15) is 0 Å². The highest BCUT2D eigenvalue weighted by atomic mass is 32.1. The van der Waals surface area contributed by atoms with Crippen molar-refractivity contribution in [1.29, 1.82) is 0 Å². The van der Waals surface area contributed by atoms with E-state index in [1.807, 2.05) is 11.3 Å². The smallest absolute Gasteiger partial charge is 0.0554 e. The number of fused-ring (bicyclic) bond motifs is 7. The fourth-order valence-electron chi connectivity index (χ4n) is 9.55. The Kier molecular flexibility index (Phi) is 8.76. The number of hydrogen-bond donors (Lipinski definition) is 0. The summed E-state index contributed by atoms with van der Waals surface area (Å²) < 4.78 is 2.58. The SMILES string of the molecule is c1ccc(-c2c(-c3ccccc3)c3cc(-c4ccc(N(c5cccc(-c6ccc7ccccc7c6)c5)c5cccc6sc7ccccc7c56)cc4)ccc3c3ccccc23)cc1. The Bertz CT molecular complexity index is 3620. The number of benzene rings is 11. The van der Waals surface area contributed by atoms with E-state index >= 15 is 0 Å². The van der Waals surface area contributed by atoms with Gasteiger partial charge >= 0.3 is 0 Å². The lowest BCUT2D eigenvalue weighted by Gasteiger charge is -2.27. The Morgan fingerprint density at radius 2 is 0.823 bits per heavy atom. The molecule has 0 amide bonds. The first-order valence-corrected chi connectivity index (χ1v) is 22.1. The van der Waals surface area contributed by atoms with Crippen molar-refractivity contribution >= 4 is 80.9 Å². The number of anilines is 3. The predicted octanol–water partition coefficient (Wildman–Crippen LogP) is 17.7. The summed E-state index contributed by atoms with van der Waals surface area (Å²) in [5.74, 6) is 0. The van der Waals surface area contributed by atoms with E-state index in [1.54, 1.807) is 0 Å². The van der Waals surface area contributed by atoms with Crippen LogP contribution >= 0.6 is 11.3 Å². The van der Waals surface area contributed by atoms with Gasteiger partial charge in [-0.25, -0.2) is 0 Å². The number of hydrogen-bond acceptors (Lipinski definition) is 2. The molecule has 0 saturated heterocycles. The Hall–Kier alpha value is -7.78. The van der Waals surface area contributed by atoms with Crippen molar-refractivity contribution in [3.8, 4) is 44.5 Å². The third-order valence-electron chi connectivity index (χ3n) is 12.4. The monoisotopic (exact) mass is 805 g/mol. The van der Waals surface area contributed by atoms with Gasteiger partial charge < -0.3 is 4.90 Å². The lowest BCUT2D eigenvalue weighted by atomic mass is 9.84. The highest BCUT2D eigenvalue weighted by molar-refractivity contribution is 7.26. The van der Waals surface area contributed by atoms with Crippen LogP contribution in [0.1, 0.15) is 0 Å². The molecule has 11 aromatic carbocycles. The number of nitrogens with zero attached hydrogens (tertiary/aromatic N) is 1. The summed E-state index contributed by atoms with van der Waals surface area (Å²) >= 11 is 1.86. The van der Waals surface area contributed by atoms with Crippen LogP contribution in [0.3, 0.4) is 0 Å². The molecule has 62 heavy (non-hydrogen) atoms. The van der Waals surface area contributed by atoms with Gasteiger partial charge in [0.25, 0.3) is 0 Å². The molecule has 0 spiro atoms. The van der Waals surface area contributed by atoms with Gasteiger partial charge in [0.15, 0.2) is 0 Å². The Labute approximate surface area is 365 Å². The molecule has 0 N–H and O–H groups in total. The summed E-state index contributed by atoms with van der Waals surface area (Å²) in [5, 5.41) is 10.1. The van der Waals surface area contributed by atoms with Crippen molar-refractivity contribution in [2.75, 3.05) is 4.90 Å². The molecule has 290 valence electrons. The minimum Gasteiger partial charge on any atom is -0.310 e. The van der Waals surface area contributed by atoms with E-state index in [4.69, 9.17) is 0 Å². The Balaban J connectivity index is 1.03. The zero-order valence-electron chi connectivity index (χ0n) is 33.9. The van der Waals surface area contributed by atoms with Crippen LogP contribution in [0.2, 0.25) is 0 Å². The summed E-state index contributed by atoms with van der Waals surface area (Å²) in [6.07, 6.45) is 0. The van der Waals surface area contributed by atoms with Gasteiger partial charge in [0.1, 0.15) is 0 Å². The molecule has 0 aliphatic carbocycles. The van der Waals surface area contributed by atoms with Crippen molar-refractivity contribution in [3.05, 3.63) is 237 Å². The van der Waals surface area contributed by atoms with Crippen LogP contribution in [0.4, 0.5) is 17.1 Å². The minimum absolute atomic E-state index is 1.11. The second-order valence-electron chi connectivity index (χ2n) is 16.0. The molecular weight excluding hydrogens is 767 g/mol. The first-order chi connectivity index (χ1) is 30.7. The fourth-order valence-corrected chi connectivity index (χ4v) is 10.7. The molecule has 1 aromatic heterocycles. The van der Waals surface area contributed by atoms with Gasteiger partial charge in [-0.15, -0.1) is 11.3 Å². The molecule has 0 unspecified atom stereocenters. The van der Waals surface area contributed by atoms with Crippen LogP contribution in [0, 0.1) is 0 Å². The fraction of sp³-hybridized carbons (Fsp3) is 0. The molecule has 2 heteroatoms. The van der Waals surface area contributed by atoms with Crippen molar-refractivity contribution < 1.29 is 0 Å². The van der Waals surface area contributed by atoms with Crippen LogP contribution in [0.5, 0.6) is 0 Å². The normalized spacial score (nSPS) is 11.5. The zero-order chi connectivity index (χ0) is 41.0. The van der Waals surface area contributed by atoms with E-state index in [-0.39, 0.29) is 0 Å². The number of thiophene rings is 1. The van der Waals surface area contributed by atoms with Crippen LogP contribution in [-0.4, -0.2) is 0 Å². The molecule has 1 nitrogen and oxygen atoms in total. The van der Waals surface area contributed by atoms with Crippen LogP contribution in [-0.2, 0) is 0 Å². The van der Waals surface area contributed by atoms with E-state index in [1.165, 1.54) is 103 Å². The molecule has 0 fully saturated rings. The van der Waals surface area contributed by atoms with Crippen molar-refractivity contribution in [1.82, 2.24) is 0 Å². The minimum atomic E-state index is 1.11. The topological polar surface area (TPSA) is 3.24 Å². The van der Waals surface area contributed by atoms with E-state index in [0.29, 0.717) is 0 Å². The van der Waals surface area contributed by atoms with Crippen LogP contribution in [0.25, 0.3) is 97.0 Å². The van der Waals surface area contributed by atoms with Gasteiger partial charge in [0.05, 0.1) is 5.69 Å². The zero-order valence-corrected chi connectivity index (χ0v) is 34.7. The largest absolute Gasteiger partial charge is 0.310 e. The third kappa shape index (κ3) is 6.15. The van der Waals surface area contributed by atoms with Gasteiger partial charge in [-0.05, 0) is 131 Å².